The second kappa shape index (κ2) is 6.53. The highest BCUT2D eigenvalue weighted by Crippen LogP contribution is 2.25. The number of nitrogens with one attached hydrogen (secondary N) is 1. The Balaban J connectivity index is 2.30. The predicted octanol–water partition coefficient (Wildman–Crippen LogP) is 3.31. The van der Waals surface area contributed by atoms with E-state index in [0.29, 0.717) is 0 Å². The molecule has 0 aliphatic heterocycles. The maximum absolute atomic E-state index is 6.14. The Labute approximate surface area is 115 Å². The first-order valence-corrected chi connectivity index (χ1v) is 6.92. The Morgan fingerprint density at radius 1 is 1.26 bits per heavy atom. The first kappa shape index (κ1) is 13.8. The van der Waals surface area contributed by atoms with Gasteiger partial charge in [-0.3, -0.25) is 0 Å². The minimum absolute atomic E-state index is 0.197. The lowest BCUT2D eigenvalue weighted by atomic mass is 10.1. The van der Waals surface area contributed by atoms with E-state index in [-0.39, 0.29) is 6.10 Å². The lowest BCUT2D eigenvalue weighted by Gasteiger charge is -2.19. The highest BCUT2D eigenvalue weighted by atomic mass is 16.5. The predicted molar refractivity (Wildman–Crippen MR) is 79.7 cm³/mol. The summed E-state index contributed by atoms with van der Waals surface area (Å²) < 4.78 is 6.14. The van der Waals surface area contributed by atoms with Crippen LogP contribution in [0.15, 0.2) is 30.3 Å². The third-order valence-electron chi connectivity index (χ3n) is 3.16. The number of pyridine rings is 1. The van der Waals surface area contributed by atoms with Crippen molar-refractivity contribution in [2.75, 3.05) is 13.6 Å². The van der Waals surface area contributed by atoms with Crippen molar-refractivity contribution >= 4 is 10.9 Å². The van der Waals surface area contributed by atoms with Crippen molar-refractivity contribution in [1.29, 1.82) is 0 Å². The first-order valence-electron chi connectivity index (χ1n) is 6.92. The molecule has 0 fully saturated rings. The Bertz CT molecular complexity index is 533. The number of fused-ring (bicyclic) bond motifs is 1. The average Bonchev–Trinajstić information content (AvgIpc) is 2.40. The highest BCUT2D eigenvalue weighted by molar-refractivity contribution is 5.84. The summed E-state index contributed by atoms with van der Waals surface area (Å²) in [6, 6.07) is 10.2. The number of aromatic nitrogens is 1. The van der Waals surface area contributed by atoms with Gasteiger partial charge >= 0.3 is 0 Å². The standard InChI is InChI=1S/C16H22N2O/c1-4-6-14(11-17-3)19-15-8-5-7-13-10-9-12(2)18-16(13)15/h5,7-10,14,17H,4,6,11H2,1-3H3. The third kappa shape index (κ3) is 3.44. The number of hydrogen-bond acceptors (Lipinski definition) is 3. The molecule has 1 atom stereocenters. The summed E-state index contributed by atoms with van der Waals surface area (Å²) in [5.41, 5.74) is 1.98. The van der Waals surface area contributed by atoms with Crippen LogP contribution >= 0.6 is 0 Å². The molecule has 2 aromatic rings. The Morgan fingerprint density at radius 2 is 2.11 bits per heavy atom. The van der Waals surface area contributed by atoms with Crippen molar-refractivity contribution in [2.45, 2.75) is 32.8 Å². The van der Waals surface area contributed by atoms with Gasteiger partial charge in [0, 0.05) is 17.6 Å². The van der Waals surface area contributed by atoms with E-state index in [0.717, 1.165) is 41.7 Å². The molecule has 0 saturated carbocycles. The van der Waals surface area contributed by atoms with Crippen LogP contribution in [0.5, 0.6) is 5.75 Å². The molecule has 0 radical (unpaired) electrons. The second-order valence-corrected chi connectivity index (χ2v) is 4.87. The summed E-state index contributed by atoms with van der Waals surface area (Å²) >= 11 is 0. The van der Waals surface area contributed by atoms with Crippen LogP contribution < -0.4 is 10.1 Å². The van der Waals surface area contributed by atoms with E-state index in [1.807, 2.05) is 32.2 Å². The van der Waals surface area contributed by atoms with Gasteiger partial charge in [-0.25, -0.2) is 4.98 Å². The SMILES string of the molecule is CCCC(CNC)Oc1cccc2ccc(C)nc12. The molecule has 1 heterocycles. The molecule has 19 heavy (non-hydrogen) atoms. The van der Waals surface area contributed by atoms with Gasteiger partial charge in [0.15, 0.2) is 0 Å². The van der Waals surface area contributed by atoms with E-state index < -0.39 is 0 Å². The largest absolute Gasteiger partial charge is 0.487 e. The molecule has 3 nitrogen and oxygen atoms in total. The van der Waals surface area contributed by atoms with Crippen molar-refractivity contribution in [1.82, 2.24) is 10.3 Å². The highest BCUT2D eigenvalue weighted by Gasteiger charge is 2.11. The fourth-order valence-corrected chi connectivity index (χ4v) is 2.24. The van der Waals surface area contributed by atoms with Crippen LogP contribution in [0.2, 0.25) is 0 Å². The molecule has 0 spiro atoms. The van der Waals surface area contributed by atoms with Crippen molar-refractivity contribution in [3.8, 4) is 5.75 Å². The zero-order chi connectivity index (χ0) is 13.7. The Kier molecular flexibility index (Phi) is 4.74. The smallest absolute Gasteiger partial charge is 0.146 e. The van der Waals surface area contributed by atoms with Crippen LogP contribution in [-0.4, -0.2) is 24.7 Å². The number of rotatable bonds is 6. The van der Waals surface area contributed by atoms with Crippen molar-refractivity contribution in [3.63, 3.8) is 0 Å². The molecule has 3 heteroatoms. The molecule has 0 saturated heterocycles. The summed E-state index contributed by atoms with van der Waals surface area (Å²) in [5.74, 6) is 0.884. The van der Waals surface area contributed by atoms with E-state index in [9.17, 15) is 0 Å². The fraction of sp³-hybridized carbons (Fsp3) is 0.438. The summed E-state index contributed by atoms with van der Waals surface area (Å²) in [4.78, 5) is 4.60. The first-order chi connectivity index (χ1) is 9.24. The molecule has 102 valence electrons. The van der Waals surface area contributed by atoms with Gasteiger partial charge in [0.05, 0.1) is 0 Å². The number of hydrogen-bond donors (Lipinski definition) is 1. The Morgan fingerprint density at radius 3 is 2.84 bits per heavy atom. The number of benzene rings is 1. The maximum atomic E-state index is 6.14. The van der Waals surface area contributed by atoms with Crippen LogP contribution in [0.25, 0.3) is 10.9 Å². The zero-order valence-electron chi connectivity index (χ0n) is 11.9. The van der Waals surface area contributed by atoms with E-state index in [1.165, 1.54) is 0 Å². The molecule has 1 aromatic heterocycles. The van der Waals surface area contributed by atoms with E-state index in [2.05, 4.69) is 29.4 Å². The zero-order valence-corrected chi connectivity index (χ0v) is 11.9. The molecule has 1 unspecified atom stereocenters. The lowest BCUT2D eigenvalue weighted by Crippen LogP contribution is -2.29. The van der Waals surface area contributed by atoms with Crippen LogP contribution in [0.1, 0.15) is 25.5 Å². The van der Waals surface area contributed by atoms with Crippen molar-refractivity contribution in [2.24, 2.45) is 0 Å². The monoisotopic (exact) mass is 258 g/mol. The van der Waals surface area contributed by atoms with E-state index in [1.54, 1.807) is 0 Å². The average molecular weight is 258 g/mol. The molecule has 0 aliphatic carbocycles. The molecule has 1 N–H and O–H groups in total. The summed E-state index contributed by atoms with van der Waals surface area (Å²) in [6.45, 7) is 5.04. The number of nitrogens with zero attached hydrogens (tertiary/aromatic N) is 1. The summed E-state index contributed by atoms with van der Waals surface area (Å²) in [6.07, 6.45) is 2.36. The minimum atomic E-state index is 0.197. The van der Waals surface area contributed by atoms with Crippen LogP contribution in [0, 0.1) is 6.92 Å². The van der Waals surface area contributed by atoms with E-state index in [4.69, 9.17) is 4.74 Å². The van der Waals surface area contributed by atoms with Crippen LogP contribution in [0.4, 0.5) is 0 Å². The van der Waals surface area contributed by atoms with Crippen molar-refractivity contribution < 1.29 is 4.74 Å². The summed E-state index contributed by atoms with van der Waals surface area (Å²) in [7, 11) is 1.96. The normalized spacial score (nSPS) is 12.6. The van der Waals surface area contributed by atoms with Gasteiger partial charge in [-0.15, -0.1) is 0 Å². The third-order valence-corrected chi connectivity index (χ3v) is 3.16. The van der Waals surface area contributed by atoms with Gasteiger partial charge in [0.25, 0.3) is 0 Å². The molecule has 0 aliphatic rings. The molecule has 2 rings (SSSR count). The van der Waals surface area contributed by atoms with Gasteiger partial charge in [0.1, 0.15) is 17.4 Å². The van der Waals surface area contributed by atoms with Gasteiger partial charge in [0.2, 0.25) is 0 Å². The van der Waals surface area contributed by atoms with E-state index >= 15 is 0 Å². The number of para-hydroxylation sites is 1. The maximum Gasteiger partial charge on any atom is 0.146 e. The topological polar surface area (TPSA) is 34.1 Å². The van der Waals surface area contributed by atoms with Gasteiger partial charge < -0.3 is 10.1 Å². The Hall–Kier alpha value is -1.61. The van der Waals surface area contributed by atoms with Gasteiger partial charge in [-0.2, -0.15) is 0 Å². The minimum Gasteiger partial charge on any atom is -0.487 e. The molecular weight excluding hydrogens is 236 g/mol. The lowest BCUT2D eigenvalue weighted by molar-refractivity contribution is 0.191. The number of likely N-dealkylation sites (N-methyl/N-ethyl adjacent to an activating group) is 1. The van der Waals surface area contributed by atoms with Crippen LogP contribution in [0.3, 0.4) is 0 Å². The molecule has 0 amide bonds. The quantitative estimate of drug-likeness (QED) is 0.863. The van der Waals surface area contributed by atoms with Crippen molar-refractivity contribution in [3.05, 3.63) is 36.0 Å². The van der Waals surface area contributed by atoms with Crippen LogP contribution in [-0.2, 0) is 0 Å². The molecule has 0 bridgehead atoms. The number of aryl methyl sites for hydroxylation is 1. The molecule has 1 aromatic carbocycles. The van der Waals surface area contributed by atoms with Gasteiger partial charge in [-0.1, -0.05) is 31.5 Å². The van der Waals surface area contributed by atoms with Gasteiger partial charge in [-0.05, 0) is 32.5 Å². The fourth-order valence-electron chi connectivity index (χ4n) is 2.24. The second-order valence-electron chi connectivity index (χ2n) is 4.87. The molecular formula is C16H22N2O. The number of ether oxygens (including phenoxy) is 1. The summed E-state index contributed by atoms with van der Waals surface area (Å²) in [5, 5.41) is 4.31.